The van der Waals surface area contributed by atoms with Gasteiger partial charge in [0.25, 0.3) is 0 Å². The van der Waals surface area contributed by atoms with Gasteiger partial charge < -0.3 is 0 Å². The first-order valence-electron chi connectivity index (χ1n) is 2.55. The molecule has 0 aliphatic heterocycles. The normalized spacial score (nSPS) is 9.50. The molecule has 0 radical (unpaired) electrons. The van der Waals surface area contributed by atoms with Crippen molar-refractivity contribution in [2.24, 2.45) is 0 Å². The summed E-state index contributed by atoms with van der Waals surface area (Å²) in [6.07, 6.45) is 0. The van der Waals surface area contributed by atoms with E-state index in [-0.39, 0.29) is 0 Å². The molecular formula is C6H4ClFIN. The summed E-state index contributed by atoms with van der Waals surface area (Å²) in [5.41, 5.74) is 2.01. The third kappa shape index (κ3) is 1.73. The summed E-state index contributed by atoms with van der Waals surface area (Å²) in [6, 6.07) is 4.90. The van der Waals surface area contributed by atoms with E-state index in [2.05, 4.69) is 0 Å². The van der Waals surface area contributed by atoms with Crippen LogP contribution in [0.25, 0.3) is 0 Å². The van der Waals surface area contributed by atoms with Crippen LogP contribution in [0.15, 0.2) is 18.2 Å². The van der Waals surface area contributed by atoms with Crippen LogP contribution in [0.2, 0.25) is 5.02 Å². The molecule has 0 saturated carbocycles. The van der Waals surface area contributed by atoms with Gasteiger partial charge in [-0.1, -0.05) is 11.6 Å². The third-order valence-corrected chi connectivity index (χ3v) is 2.16. The van der Waals surface area contributed by atoms with Crippen LogP contribution < -0.4 is 5.54 Å². The van der Waals surface area contributed by atoms with Gasteiger partial charge in [-0.05, 0) is 40.8 Å². The summed E-state index contributed by atoms with van der Waals surface area (Å²) < 4.78 is 12.6. The second kappa shape index (κ2) is 3.39. The predicted octanol–water partition coefficient (Wildman–Crippen LogP) is 3.24. The molecule has 0 aliphatic carbocycles. The summed E-state index contributed by atoms with van der Waals surface area (Å²) in [7, 11) is 0. The van der Waals surface area contributed by atoms with E-state index in [1.807, 2.05) is 22.6 Å². The van der Waals surface area contributed by atoms with Crippen LogP contribution in [0.5, 0.6) is 0 Å². The summed E-state index contributed by atoms with van der Waals surface area (Å²) in [4.78, 5) is 0. The van der Waals surface area contributed by atoms with E-state index in [9.17, 15) is 4.48 Å². The molecule has 1 rings (SSSR count). The lowest BCUT2D eigenvalue weighted by atomic mass is 10.3. The molecular weight excluding hydrogens is 267 g/mol. The van der Waals surface area contributed by atoms with Crippen molar-refractivity contribution in [1.29, 1.82) is 0 Å². The average molecular weight is 271 g/mol. The fourth-order valence-corrected chi connectivity index (χ4v) is 1.54. The molecule has 0 spiro atoms. The highest BCUT2D eigenvalue weighted by molar-refractivity contribution is 14.1. The topological polar surface area (TPSA) is 12.0 Å². The Hall–Kier alpha value is -0.0300. The molecule has 0 atom stereocenters. The minimum absolute atomic E-state index is 0.449. The molecule has 54 valence electrons. The molecule has 0 aliphatic rings. The molecule has 0 bridgehead atoms. The van der Waals surface area contributed by atoms with Crippen molar-refractivity contribution in [2.45, 2.75) is 0 Å². The van der Waals surface area contributed by atoms with E-state index in [1.165, 1.54) is 0 Å². The Kier molecular flexibility index (Phi) is 2.73. The molecule has 4 heteroatoms. The van der Waals surface area contributed by atoms with Crippen molar-refractivity contribution in [3.05, 3.63) is 26.8 Å². The van der Waals surface area contributed by atoms with Gasteiger partial charge in [-0.3, -0.25) is 0 Å². The van der Waals surface area contributed by atoms with Crippen LogP contribution in [0.1, 0.15) is 0 Å². The zero-order valence-corrected chi connectivity index (χ0v) is 7.78. The Balaban J connectivity index is 3.07. The van der Waals surface area contributed by atoms with Gasteiger partial charge in [0, 0.05) is 8.59 Å². The monoisotopic (exact) mass is 271 g/mol. The molecule has 10 heavy (non-hydrogen) atoms. The Bertz CT molecular complexity index is 241. The number of nitrogens with one attached hydrogen (secondary N) is 1. The van der Waals surface area contributed by atoms with Crippen LogP contribution in [0.3, 0.4) is 0 Å². The second-order valence-corrected chi connectivity index (χ2v) is 3.32. The summed E-state index contributed by atoms with van der Waals surface area (Å²) in [5.74, 6) is 0. The summed E-state index contributed by atoms with van der Waals surface area (Å²) in [5, 5.41) is 0.614. The maximum atomic E-state index is 11.8. The van der Waals surface area contributed by atoms with Crippen molar-refractivity contribution >= 4 is 39.9 Å². The zero-order valence-electron chi connectivity index (χ0n) is 4.87. The molecule has 0 fully saturated rings. The lowest BCUT2D eigenvalue weighted by Gasteiger charge is -1.98. The van der Waals surface area contributed by atoms with E-state index >= 15 is 0 Å². The van der Waals surface area contributed by atoms with Crippen molar-refractivity contribution in [3.63, 3.8) is 0 Å². The number of rotatable bonds is 1. The molecule has 1 N–H and O–H groups in total. The Morgan fingerprint density at radius 3 is 2.70 bits per heavy atom. The first-order valence-corrected chi connectivity index (χ1v) is 4.01. The largest absolute Gasteiger partial charge is 0.223 e. The fourth-order valence-electron chi connectivity index (χ4n) is 0.566. The molecule has 1 aromatic carbocycles. The fraction of sp³-hybridized carbons (Fsp3) is 0. The van der Waals surface area contributed by atoms with E-state index < -0.39 is 0 Å². The highest BCUT2D eigenvalue weighted by Crippen LogP contribution is 2.21. The zero-order chi connectivity index (χ0) is 7.56. The standard InChI is InChI=1S/C6H4ClFIN/c7-4-1-2-6(10-8)5(9)3-4/h1-3,10H. The number of halogens is 3. The second-order valence-electron chi connectivity index (χ2n) is 1.72. The van der Waals surface area contributed by atoms with Gasteiger partial charge in [-0.15, -0.1) is 4.48 Å². The Morgan fingerprint density at radius 1 is 1.50 bits per heavy atom. The lowest BCUT2D eigenvalue weighted by molar-refractivity contribution is 0.617. The van der Waals surface area contributed by atoms with Crippen LogP contribution in [-0.4, -0.2) is 0 Å². The van der Waals surface area contributed by atoms with Gasteiger partial charge in [0.2, 0.25) is 0 Å². The van der Waals surface area contributed by atoms with Crippen LogP contribution >= 0.6 is 34.2 Å². The van der Waals surface area contributed by atoms with Gasteiger partial charge in [0.05, 0.1) is 5.69 Å². The van der Waals surface area contributed by atoms with E-state index in [4.69, 9.17) is 11.6 Å². The smallest absolute Gasteiger partial charge is 0.0790 e. The maximum absolute atomic E-state index is 11.8. The molecule has 0 heterocycles. The third-order valence-electron chi connectivity index (χ3n) is 1.03. The van der Waals surface area contributed by atoms with Gasteiger partial charge in [-0.2, -0.15) is 0 Å². The first-order chi connectivity index (χ1) is 4.74. The maximum Gasteiger partial charge on any atom is 0.0790 e. The van der Waals surface area contributed by atoms with Gasteiger partial charge >= 0.3 is 0 Å². The van der Waals surface area contributed by atoms with E-state index in [1.54, 1.807) is 23.7 Å². The average Bonchev–Trinajstić information content (AvgIpc) is 1.88. The van der Waals surface area contributed by atoms with Gasteiger partial charge in [0.15, 0.2) is 0 Å². The van der Waals surface area contributed by atoms with Crippen molar-refractivity contribution in [3.8, 4) is 0 Å². The molecule has 0 unspecified atom stereocenters. The number of hydrogen-bond donors (Lipinski definition) is 1. The molecule has 1 nitrogen and oxygen atoms in total. The Labute approximate surface area is 76.6 Å². The molecule has 0 saturated heterocycles. The summed E-state index contributed by atoms with van der Waals surface area (Å²) in [6.45, 7) is 0. The van der Waals surface area contributed by atoms with Crippen molar-refractivity contribution < 1.29 is 4.48 Å². The highest BCUT2D eigenvalue weighted by Gasteiger charge is 1.97. The van der Waals surface area contributed by atoms with Crippen molar-refractivity contribution in [2.75, 3.05) is 5.54 Å². The number of anilines is 1. The van der Waals surface area contributed by atoms with Crippen LogP contribution in [0.4, 0.5) is 10.2 Å². The van der Waals surface area contributed by atoms with Crippen LogP contribution in [-0.2, 0) is 0 Å². The minimum atomic E-state index is 0.449. The number of benzene rings is 1. The first kappa shape index (κ1) is 8.07. The van der Waals surface area contributed by atoms with Crippen LogP contribution in [0, 0.1) is 3.57 Å². The lowest BCUT2D eigenvalue weighted by Crippen LogP contribution is -1.84. The summed E-state index contributed by atoms with van der Waals surface area (Å²) >= 11 is 7.62. The molecule has 0 amide bonds. The minimum Gasteiger partial charge on any atom is -0.223 e. The molecule has 1 aromatic rings. The van der Waals surface area contributed by atoms with Gasteiger partial charge in [0.1, 0.15) is 0 Å². The van der Waals surface area contributed by atoms with E-state index in [0.29, 0.717) is 10.7 Å². The SMILES string of the molecule is FNc1ccc(Cl)cc1I. The predicted molar refractivity (Wildman–Crippen MR) is 48.9 cm³/mol. The molecule has 0 aromatic heterocycles. The van der Waals surface area contributed by atoms with E-state index in [0.717, 1.165) is 3.57 Å². The van der Waals surface area contributed by atoms with Crippen molar-refractivity contribution in [1.82, 2.24) is 0 Å². The highest BCUT2D eigenvalue weighted by atomic mass is 127. The quantitative estimate of drug-likeness (QED) is 0.611. The van der Waals surface area contributed by atoms with Gasteiger partial charge in [-0.25, -0.2) is 5.54 Å². The Morgan fingerprint density at radius 2 is 2.20 bits per heavy atom. The number of hydrogen-bond acceptors (Lipinski definition) is 1.